The Morgan fingerprint density at radius 2 is 1.92 bits per heavy atom. The molecule has 0 saturated carbocycles. The zero-order valence-corrected chi connectivity index (χ0v) is 6.33. The smallest absolute Gasteiger partial charge is 0.310 e. The summed E-state index contributed by atoms with van der Waals surface area (Å²) in [6, 6.07) is 5.27. The second-order valence-electron chi connectivity index (χ2n) is 2.44. The molecule has 63 valence electrons. The fraction of sp³-hybridized carbons (Fsp3) is 0.111. The van der Waals surface area contributed by atoms with Crippen LogP contribution >= 0.6 is 0 Å². The number of benzene rings is 1. The summed E-state index contributed by atoms with van der Waals surface area (Å²) in [6.45, 7) is 3.42. The Hall–Kier alpha value is -1.38. The average Bonchev–Trinajstić information content (AvgIpc) is 2.04. The first-order chi connectivity index (χ1) is 5.61. The van der Waals surface area contributed by atoms with Crippen LogP contribution in [0.25, 0.3) is 0 Å². The van der Waals surface area contributed by atoms with Crippen LogP contribution in [-0.2, 0) is 4.79 Å². The van der Waals surface area contributed by atoms with E-state index in [1.165, 1.54) is 24.3 Å². The molecule has 1 rings (SSSR count). The van der Waals surface area contributed by atoms with Gasteiger partial charge in [-0.15, -0.1) is 0 Å². The number of rotatable bonds is 2. The van der Waals surface area contributed by atoms with E-state index in [9.17, 15) is 9.18 Å². The summed E-state index contributed by atoms with van der Waals surface area (Å²) in [5.41, 5.74) is 0.504. The lowest BCUT2D eigenvalue weighted by Crippen LogP contribution is -2.07. The van der Waals surface area contributed by atoms with Crippen molar-refractivity contribution in [3.05, 3.63) is 42.6 Å². The van der Waals surface area contributed by atoms with Gasteiger partial charge < -0.3 is 5.11 Å². The van der Waals surface area contributed by atoms with Crippen molar-refractivity contribution in [2.75, 3.05) is 0 Å². The minimum absolute atomic E-state index is 0.378. The molecule has 0 saturated heterocycles. The molecule has 0 heterocycles. The molecule has 1 atom stereocenters. The molecule has 3 heteroatoms. The van der Waals surface area contributed by atoms with E-state index in [0.29, 0.717) is 5.56 Å². The topological polar surface area (TPSA) is 37.3 Å². The largest absolute Gasteiger partial charge is 0.481 e. The third kappa shape index (κ3) is 1.81. The van der Waals surface area contributed by atoms with Gasteiger partial charge in [-0.3, -0.25) is 4.79 Å². The van der Waals surface area contributed by atoms with Crippen LogP contribution in [0.4, 0.5) is 4.39 Å². The minimum Gasteiger partial charge on any atom is -0.481 e. The first kappa shape index (κ1) is 8.71. The first-order valence-corrected chi connectivity index (χ1v) is 3.42. The van der Waals surface area contributed by atoms with Crippen molar-refractivity contribution in [3.63, 3.8) is 0 Å². The number of carboxylic acid groups (broad SMARTS) is 1. The molecule has 0 bridgehead atoms. The Morgan fingerprint density at radius 1 is 1.42 bits per heavy atom. The van der Waals surface area contributed by atoms with Gasteiger partial charge in [-0.05, 0) is 24.6 Å². The second kappa shape index (κ2) is 3.34. The summed E-state index contributed by atoms with van der Waals surface area (Å²) < 4.78 is 12.4. The van der Waals surface area contributed by atoms with Crippen LogP contribution in [0.2, 0.25) is 0 Å². The molecule has 0 aliphatic rings. The fourth-order valence-corrected chi connectivity index (χ4v) is 0.838. The molecular weight excluding hydrogens is 159 g/mol. The van der Waals surface area contributed by atoms with E-state index in [2.05, 4.69) is 6.92 Å². The number of aliphatic carboxylic acids is 1. The van der Waals surface area contributed by atoms with E-state index >= 15 is 0 Å². The van der Waals surface area contributed by atoms with Crippen LogP contribution < -0.4 is 0 Å². The summed E-state index contributed by atoms with van der Waals surface area (Å²) in [7, 11) is 0. The highest BCUT2D eigenvalue weighted by atomic mass is 19.1. The Labute approximate surface area is 69.6 Å². The zero-order valence-electron chi connectivity index (χ0n) is 6.33. The molecule has 0 spiro atoms. The van der Waals surface area contributed by atoms with Gasteiger partial charge in [0.05, 0.1) is 5.92 Å². The highest BCUT2D eigenvalue weighted by Crippen LogP contribution is 2.14. The van der Waals surface area contributed by atoms with Gasteiger partial charge in [0.25, 0.3) is 0 Å². The monoisotopic (exact) mass is 167 g/mol. The molecule has 0 amide bonds. The van der Waals surface area contributed by atoms with E-state index in [0.717, 1.165) is 0 Å². The highest BCUT2D eigenvalue weighted by molar-refractivity contribution is 5.76. The second-order valence-corrected chi connectivity index (χ2v) is 2.44. The van der Waals surface area contributed by atoms with Crippen molar-refractivity contribution < 1.29 is 14.3 Å². The van der Waals surface area contributed by atoms with Crippen molar-refractivity contribution in [1.29, 1.82) is 0 Å². The zero-order chi connectivity index (χ0) is 9.14. The number of hydrogen-bond acceptors (Lipinski definition) is 1. The summed E-state index contributed by atoms with van der Waals surface area (Å²) in [5.74, 6) is -2.22. The van der Waals surface area contributed by atoms with Crippen LogP contribution in [-0.4, -0.2) is 11.1 Å². The fourth-order valence-electron chi connectivity index (χ4n) is 0.838. The molecule has 1 aromatic carbocycles. The molecule has 1 N–H and O–H groups in total. The van der Waals surface area contributed by atoms with Gasteiger partial charge in [-0.1, -0.05) is 12.1 Å². The van der Waals surface area contributed by atoms with Crippen molar-refractivity contribution in [1.82, 2.24) is 0 Å². The maximum atomic E-state index is 12.4. The van der Waals surface area contributed by atoms with Gasteiger partial charge in [0.1, 0.15) is 5.82 Å². The Bertz CT molecular complexity index is 279. The lowest BCUT2D eigenvalue weighted by molar-refractivity contribution is -0.137. The number of halogens is 1. The maximum absolute atomic E-state index is 12.4. The van der Waals surface area contributed by atoms with E-state index < -0.39 is 11.9 Å². The van der Waals surface area contributed by atoms with E-state index in [4.69, 9.17) is 5.11 Å². The van der Waals surface area contributed by atoms with E-state index in [1.54, 1.807) is 0 Å². The maximum Gasteiger partial charge on any atom is 0.310 e. The van der Waals surface area contributed by atoms with E-state index in [1.807, 2.05) is 0 Å². The summed E-state index contributed by atoms with van der Waals surface area (Å²) in [4.78, 5) is 10.4. The van der Waals surface area contributed by atoms with Gasteiger partial charge >= 0.3 is 5.97 Å². The minimum atomic E-state index is -1.01. The quantitative estimate of drug-likeness (QED) is 0.729. The molecule has 0 aromatic heterocycles. The highest BCUT2D eigenvalue weighted by Gasteiger charge is 2.12. The predicted molar refractivity (Wildman–Crippen MR) is 42.1 cm³/mol. The summed E-state index contributed by atoms with van der Waals surface area (Å²) in [6.07, 6.45) is 0. The molecule has 1 unspecified atom stereocenters. The molecule has 1 radical (unpaired) electrons. The average molecular weight is 167 g/mol. The molecular formula is C9H8FO2. The SMILES string of the molecule is [CH2]C(C(=O)O)c1ccc(F)cc1. The molecule has 1 aromatic rings. The molecule has 0 fully saturated rings. The summed E-state index contributed by atoms with van der Waals surface area (Å²) >= 11 is 0. The third-order valence-electron chi connectivity index (χ3n) is 1.57. The predicted octanol–water partition coefficient (Wildman–Crippen LogP) is 1.83. The van der Waals surface area contributed by atoms with Crippen LogP contribution in [0, 0.1) is 12.7 Å². The van der Waals surface area contributed by atoms with E-state index in [-0.39, 0.29) is 5.82 Å². The molecule has 0 aliphatic carbocycles. The lowest BCUT2D eigenvalue weighted by Gasteiger charge is -2.04. The van der Waals surface area contributed by atoms with Crippen LogP contribution in [0.5, 0.6) is 0 Å². The van der Waals surface area contributed by atoms with Gasteiger partial charge in [0.2, 0.25) is 0 Å². The standard InChI is InChI=1S/C9H8FO2/c1-6(9(11)12)7-2-4-8(10)5-3-7/h2-6H,1H2,(H,11,12). The Morgan fingerprint density at radius 3 is 2.33 bits per heavy atom. The number of hydrogen-bond donors (Lipinski definition) is 1. The molecule has 12 heavy (non-hydrogen) atoms. The number of carboxylic acids is 1. The van der Waals surface area contributed by atoms with Gasteiger partial charge in [0.15, 0.2) is 0 Å². The van der Waals surface area contributed by atoms with Crippen LogP contribution in [0.1, 0.15) is 11.5 Å². The molecule has 0 aliphatic heterocycles. The van der Waals surface area contributed by atoms with Crippen LogP contribution in [0.15, 0.2) is 24.3 Å². The van der Waals surface area contributed by atoms with Gasteiger partial charge in [-0.2, -0.15) is 0 Å². The number of carbonyl (C=O) groups is 1. The summed E-state index contributed by atoms with van der Waals surface area (Å²) in [5, 5.41) is 8.55. The first-order valence-electron chi connectivity index (χ1n) is 3.42. The van der Waals surface area contributed by atoms with Gasteiger partial charge in [0, 0.05) is 0 Å². The third-order valence-corrected chi connectivity index (χ3v) is 1.57. The lowest BCUT2D eigenvalue weighted by atomic mass is 10.0. The Kier molecular flexibility index (Phi) is 2.43. The Balaban J connectivity index is 2.89. The van der Waals surface area contributed by atoms with Crippen LogP contribution in [0.3, 0.4) is 0 Å². The normalized spacial score (nSPS) is 12.5. The molecule has 2 nitrogen and oxygen atoms in total. The van der Waals surface area contributed by atoms with Gasteiger partial charge in [-0.25, -0.2) is 4.39 Å². The van der Waals surface area contributed by atoms with Crippen molar-refractivity contribution in [2.45, 2.75) is 5.92 Å². The van der Waals surface area contributed by atoms with Crippen molar-refractivity contribution >= 4 is 5.97 Å². The van der Waals surface area contributed by atoms with Crippen molar-refractivity contribution in [2.24, 2.45) is 0 Å². The van der Waals surface area contributed by atoms with Crippen molar-refractivity contribution in [3.8, 4) is 0 Å².